The quantitative estimate of drug-likeness (QED) is 0.364. The number of likely N-dealkylation sites (tertiary alicyclic amines) is 1. The van der Waals surface area contributed by atoms with Crippen molar-refractivity contribution in [1.82, 2.24) is 10.2 Å². The van der Waals surface area contributed by atoms with Crippen molar-refractivity contribution < 1.29 is 43.9 Å². The predicted molar refractivity (Wildman–Crippen MR) is 127 cm³/mol. The zero-order valence-electron chi connectivity index (χ0n) is 21.9. The van der Waals surface area contributed by atoms with Crippen molar-refractivity contribution in [2.75, 3.05) is 13.1 Å². The van der Waals surface area contributed by atoms with Crippen LogP contribution in [-0.4, -0.2) is 76.0 Å². The van der Waals surface area contributed by atoms with E-state index in [9.17, 15) is 29.5 Å². The molecule has 0 aliphatic carbocycles. The van der Waals surface area contributed by atoms with Gasteiger partial charge >= 0.3 is 25.3 Å². The van der Waals surface area contributed by atoms with E-state index in [0.717, 1.165) is 0 Å². The lowest BCUT2D eigenvalue weighted by molar-refractivity contribution is -0.191. The summed E-state index contributed by atoms with van der Waals surface area (Å²) in [5.41, 5.74) is -1.93. The lowest BCUT2D eigenvalue weighted by Crippen LogP contribution is -2.57. The van der Waals surface area contributed by atoms with Crippen LogP contribution in [0, 0.1) is 16.7 Å². The van der Waals surface area contributed by atoms with Crippen molar-refractivity contribution in [3.63, 3.8) is 0 Å². The van der Waals surface area contributed by atoms with Gasteiger partial charge in [-0.2, -0.15) is 9.59 Å². The number of amides is 2. The van der Waals surface area contributed by atoms with E-state index in [4.69, 9.17) is 14.3 Å². The number of ether oxygens (including phenoxy) is 1. The molecule has 200 valence electrons. The van der Waals surface area contributed by atoms with Crippen LogP contribution >= 0.6 is 0 Å². The van der Waals surface area contributed by atoms with Crippen molar-refractivity contribution in [1.29, 1.82) is 0 Å². The Morgan fingerprint density at radius 3 is 2.14 bits per heavy atom. The molecule has 1 heterocycles. The van der Waals surface area contributed by atoms with Crippen LogP contribution in [-0.2, 0) is 23.9 Å². The summed E-state index contributed by atoms with van der Waals surface area (Å²) < 4.78 is 5.33. The first kappa shape index (κ1) is 32.6. The van der Waals surface area contributed by atoms with Crippen LogP contribution in [0.2, 0.25) is 6.32 Å². The van der Waals surface area contributed by atoms with Gasteiger partial charge in [-0.3, -0.25) is 9.59 Å². The summed E-state index contributed by atoms with van der Waals surface area (Å²) in [5, 5.41) is 30.9. The third-order valence-corrected chi connectivity index (χ3v) is 5.59. The molecule has 2 amide bonds. The average Bonchev–Trinajstić information content (AvgIpc) is 2.67. The second-order valence-corrected chi connectivity index (χ2v) is 11.6. The molecule has 0 radical (unpaired) electrons. The van der Waals surface area contributed by atoms with Gasteiger partial charge in [0.25, 0.3) is 0 Å². The number of nitrogens with one attached hydrogen (secondary N) is 1. The summed E-state index contributed by atoms with van der Waals surface area (Å²) in [6, 6.07) is -0.843. The summed E-state index contributed by atoms with van der Waals surface area (Å²) in [6.07, 6.45) is 1.45. The number of hydrogen-bond acceptors (Lipinski definition) is 8. The largest absolute Gasteiger partial charge is 0.481 e. The molecular formula is C23H41BN2O9. The summed E-state index contributed by atoms with van der Waals surface area (Å²) in [5.74, 6) is -1.54. The molecule has 4 N–H and O–H groups in total. The van der Waals surface area contributed by atoms with Gasteiger partial charge in [0, 0.05) is 13.1 Å². The van der Waals surface area contributed by atoms with E-state index < -0.39 is 36.2 Å². The Bertz CT molecular complexity index is 755. The lowest BCUT2D eigenvalue weighted by Gasteiger charge is -2.43. The van der Waals surface area contributed by atoms with E-state index in [2.05, 4.69) is 5.32 Å². The number of carboxylic acid groups (broad SMARTS) is 1. The Hall–Kier alpha value is -2.43. The third kappa shape index (κ3) is 13.3. The van der Waals surface area contributed by atoms with E-state index in [1.165, 1.54) is 4.90 Å². The van der Waals surface area contributed by atoms with Crippen molar-refractivity contribution >= 4 is 31.2 Å². The molecule has 0 aromatic carbocycles. The maximum atomic E-state index is 13.5. The van der Waals surface area contributed by atoms with Gasteiger partial charge in [-0.1, -0.05) is 27.2 Å². The number of carbonyl (C=O) groups excluding carboxylic acids is 4. The molecule has 35 heavy (non-hydrogen) atoms. The molecule has 1 aliphatic rings. The minimum Gasteiger partial charge on any atom is -0.481 e. The smallest absolute Gasteiger partial charge is 0.451 e. The number of rotatable bonds is 8. The molecule has 3 atom stereocenters. The van der Waals surface area contributed by atoms with Crippen molar-refractivity contribution in [2.45, 2.75) is 92.1 Å². The maximum Gasteiger partial charge on any atom is 0.451 e. The minimum atomic E-state index is -1.48. The molecule has 1 rings (SSSR count). The van der Waals surface area contributed by atoms with Crippen LogP contribution < -0.4 is 5.32 Å². The zero-order chi connectivity index (χ0) is 27.6. The first-order valence-electron chi connectivity index (χ1n) is 11.7. The molecule has 0 unspecified atom stereocenters. The number of carboxylic acids is 1. The number of piperidine rings is 1. The Morgan fingerprint density at radius 1 is 1.17 bits per heavy atom. The molecule has 0 bridgehead atoms. The van der Waals surface area contributed by atoms with Gasteiger partial charge in [0.05, 0.1) is 5.41 Å². The zero-order valence-corrected chi connectivity index (χ0v) is 21.9. The van der Waals surface area contributed by atoms with Gasteiger partial charge in [-0.15, -0.1) is 0 Å². The normalized spacial score (nSPS) is 21.1. The topological polar surface area (TPSA) is 171 Å². The van der Waals surface area contributed by atoms with E-state index >= 15 is 0 Å². The highest BCUT2D eigenvalue weighted by Gasteiger charge is 2.44. The molecule has 1 fully saturated rings. The van der Waals surface area contributed by atoms with Crippen molar-refractivity contribution in [2.24, 2.45) is 16.7 Å². The fourth-order valence-corrected chi connectivity index (χ4v) is 3.97. The molecular weight excluding hydrogens is 459 g/mol. The lowest BCUT2D eigenvalue weighted by atomic mass is 9.72. The molecule has 0 saturated carbocycles. The molecule has 1 aliphatic heterocycles. The SMILES string of the molecule is CC(C)(C)CC[C@H](NC(=O)OC(C)(C)C)C(=O)N1C[C@@H](CCB(O)O)C[C@](C)(C(=O)O)C1.O=C=O. The van der Waals surface area contributed by atoms with Gasteiger partial charge in [-0.25, -0.2) is 4.79 Å². The van der Waals surface area contributed by atoms with Crippen LogP contribution in [0.25, 0.3) is 0 Å². The summed E-state index contributed by atoms with van der Waals surface area (Å²) in [4.78, 5) is 55.6. The summed E-state index contributed by atoms with van der Waals surface area (Å²) in [7, 11) is -1.48. The number of hydrogen-bond donors (Lipinski definition) is 4. The molecule has 1 saturated heterocycles. The predicted octanol–water partition coefficient (Wildman–Crippen LogP) is 1.92. The molecule has 11 nitrogen and oxygen atoms in total. The van der Waals surface area contributed by atoms with Gasteiger partial charge in [0.2, 0.25) is 5.91 Å². The standard InChI is InChI=1S/C22H41BN2O7.CO2/c1-20(2,3)10-8-16(24-19(29)32-21(4,5)6)17(26)25-13-15(9-11-23(30)31)12-22(7,14-25)18(27)28;2-1-3/h15-16,30-31H,8-14H2,1-7H3,(H,24,29)(H,27,28);/t15-,16-,22-;/m0./s1. The first-order chi connectivity index (χ1) is 15.8. The Kier molecular flexibility index (Phi) is 12.7. The van der Waals surface area contributed by atoms with Crippen LogP contribution in [0.15, 0.2) is 0 Å². The Labute approximate surface area is 207 Å². The highest BCUT2D eigenvalue weighted by molar-refractivity contribution is 6.40. The Morgan fingerprint density at radius 2 is 1.71 bits per heavy atom. The number of nitrogens with zero attached hydrogens (tertiary/aromatic N) is 1. The van der Waals surface area contributed by atoms with Crippen LogP contribution in [0.5, 0.6) is 0 Å². The van der Waals surface area contributed by atoms with Crippen LogP contribution in [0.3, 0.4) is 0 Å². The summed E-state index contributed by atoms with van der Waals surface area (Å²) in [6.45, 7) is 13.3. The van der Waals surface area contributed by atoms with Gasteiger partial charge in [0.1, 0.15) is 11.6 Å². The Balaban J connectivity index is 0.00000365. The molecule has 0 aromatic heterocycles. The fraction of sp³-hybridized carbons (Fsp3) is 0.826. The van der Waals surface area contributed by atoms with E-state index in [0.29, 0.717) is 32.2 Å². The van der Waals surface area contributed by atoms with Crippen molar-refractivity contribution in [3.8, 4) is 0 Å². The van der Waals surface area contributed by atoms with E-state index in [1.54, 1.807) is 27.7 Å². The highest BCUT2D eigenvalue weighted by atomic mass is 16.6. The van der Waals surface area contributed by atoms with E-state index in [-0.39, 0.29) is 36.3 Å². The molecule has 0 spiro atoms. The fourth-order valence-electron chi connectivity index (χ4n) is 3.97. The minimum absolute atomic E-state index is 0.0291. The monoisotopic (exact) mass is 500 g/mol. The first-order valence-corrected chi connectivity index (χ1v) is 11.7. The van der Waals surface area contributed by atoms with Gasteiger partial charge < -0.3 is 30.1 Å². The summed E-state index contributed by atoms with van der Waals surface area (Å²) >= 11 is 0. The second kappa shape index (κ2) is 13.6. The van der Waals surface area contributed by atoms with Crippen LogP contribution in [0.1, 0.15) is 74.1 Å². The third-order valence-electron chi connectivity index (χ3n) is 5.59. The average molecular weight is 500 g/mol. The number of aliphatic carboxylic acids is 1. The van der Waals surface area contributed by atoms with Gasteiger partial charge in [-0.05, 0) is 64.6 Å². The highest BCUT2D eigenvalue weighted by Crippen LogP contribution is 2.36. The maximum absolute atomic E-state index is 13.5. The van der Waals surface area contributed by atoms with Gasteiger partial charge in [0.15, 0.2) is 0 Å². The number of carbonyl (C=O) groups is 3. The second-order valence-electron chi connectivity index (χ2n) is 11.6. The van der Waals surface area contributed by atoms with Crippen molar-refractivity contribution in [3.05, 3.63) is 0 Å². The van der Waals surface area contributed by atoms with Crippen LogP contribution in [0.4, 0.5) is 4.79 Å². The number of alkyl carbamates (subject to hydrolysis) is 1. The molecule has 0 aromatic rings. The van der Waals surface area contributed by atoms with E-state index in [1.807, 2.05) is 20.8 Å². The molecule has 12 heteroatoms.